The number of ether oxygens (including phenoxy) is 1. The van der Waals surface area contributed by atoms with Crippen molar-refractivity contribution < 1.29 is 23.5 Å². The minimum atomic E-state index is -1.17. The van der Waals surface area contributed by atoms with E-state index in [-0.39, 0.29) is 42.5 Å². The summed E-state index contributed by atoms with van der Waals surface area (Å²) in [5.41, 5.74) is 1.15. The summed E-state index contributed by atoms with van der Waals surface area (Å²) < 4.78 is 11.2. The van der Waals surface area contributed by atoms with Crippen molar-refractivity contribution in [3.8, 4) is 5.75 Å². The number of benzene rings is 2. The highest BCUT2D eigenvalue weighted by molar-refractivity contribution is 6.11. The molecular formula is C28H29N3O5. The van der Waals surface area contributed by atoms with Gasteiger partial charge in [-0.1, -0.05) is 24.3 Å². The maximum absolute atomic E-state index is 13.7. The van der Waals surface area contributed by atoms with Gasteiger partial charge in [0.2, 0.25) is 17.7 Å². The largest absolute Gasteiger partial charge is 0.497 e. The minimum absolute atomic E-state index is 0.0132. The molecule has 1 aliphatic carbocycles. The number of para-hydroxylation sites is 2. The molecule has 2 aliphatic heterocycles. The Bertz CT molecular complexity index is 1290. The molecule has 1 aromatic heterocycles. The molecular weight excluding hydrogens is 458 g/mol. The Balaban J connectivity index is 1.20. The zero-order valence-corrected chi connectivity index (χ0v) is 20.3. The second-order valence-corrected chi connectivity index (χ2v) is 10.1. The van der Waals surface area contributed by atoms with Crippen molar-refractivity contribution in [1.82, 2.24) is 14.8 Å². The lowest BCUT2D eigenvalue weighted by Gasteiger charge is -2.34. The SMILES string of the molecule is COc1ccc(C2(CC(=O)N3CCC(c4nc5ccccc5o4)CC3)CC(=O)N(C3CC3)C2=O)cc1. The fraction of sp³-hybridized carbons (Fsp3) is 0.429. The second kappa shape index (κ2) is 8.76. The lowest BCUT2D eigenvalue weighted by molar-refractivity contribution is -0.143. The first-order chi connectivity index (χ1) is 17.5. The molecule has 0 bridgehead atoms. The van der Waals surface area contributed by atoms with Crippen molar-refractivity contribution in [1.29, 1.82) is 0 Å². The van der Waals surface area contributed by atoms with Gasteiger partial charge in [-0.15, -0.1) is 0 Å². The van der Waals surface area contributed by atoms with Gasteiger partial charge in [-0.05, 0) is 55.5 Å². The summed E-state index contributed by atoms with van der Waals surface area (Å²) in [4.78, 5) is 48.1. The lowest BCUT2D eigenvalue weighted by Crippen LogP contribution is -2.45. The topological polar surface area (TPSA) is 92.9 Å². The number of hydrogen-bond acceptors (Lipinski definition) is 6. The summed E-state index contributed by atoms with van der Waals surface area (Å²) in [6.07, 6.45) is 3.19. The first-order valence-electron chi connectivity index (χ1n) is 12.6. The molecule has 6 rings (SSSR count). The lowest BCUT2D eigenvalue weighted by atomic mass is 9.75. The number of likely N-dealkylation sites (tertiary alicyclic amines) is 2. The molecule has 1 atom stereocenters. The molecule has 36 heavy (non-hydrogen) atoms. The number of rotatable bonds is 6. The third-order valence-electron chi connectivity index (χ3n) is 7.86. The van der Waals surface area contributed by atoms with Crippen molar-refractivity contribution >= 4 is 28.8 Å². The predicted molar refractivity (Wildman–Crippen MR) is 131 cm³/mol. The zero-order chi connectivity index (χ0) is 24.9. The Labute approximate surface area is 209 Å². The Morgan fingerprint density at radius 3 is 2.44 bits per heavy atom. The third-order valence-corrected chi connectivity index (χ3v) is 7.86. The predicted octanol–water partition coefficient (Wildman–Crippen LogP) is 3.79. The number of oxazole rings is 1. The zero-order valence-electron chi connectivity index (χ0n) is 20.3. The molecule has 1 unspecified atom stereocenters. The van der Waals surface area contributed by atoms with Crippen molar-refractivity contribution in [3.05, 3.63) is 60.0 Å². The monoisotopic (exact) mass is 487 g/mol. The van der Waals surface area contributed by atoms with Gasteiger partial charge in [-0.2, -0.15) is 0 Å². The van der Waals surface area contributed by atoms with E-state index >= 15 is 0 Å². The standard InChI is InChI=1S/C28H29N3O5/c1-35-21-10-6-19(7-11-21)28(17-25(33)31(27(28)34)20-8-9-20)16-24(32)30-14-12-18(13-15-30)26-29-22-4-2-3-5-23(22)36-26/h2-7,10-11,18,20H,8-9,12-17H2,1H3. The van der Waals surface area contributed by atoms with Gasteiger partial charge < -0.3 is 14.1 Å². The van der Waals surface area contributed by atoms with Crippen LogP contribution in [0.4, 0.5) is 0 Å². The van der Waals surface area contributed by atoms with E-state index in [0.717, 1.165) is 42.7 Å². The fourth-order valence-corrected chi connectivity index (χ4v) is 5.65. The van der Waals surface area contributed by atoms with Crippen LogP contribution in [0.2, 0.25) is 0 Å². The molecule has 3 amide bonds. The van der Waals surface area contributed by atoms with Crippen molar-refractivity contribution in [2.24, 2.45) is 0 Å². The summed E-state index contributed by atoms with van der Waals surface area (Å²) in [5, 5.41) is 0. The highest BCUT2D eigenvalue weighted by Crippen LogP contribution is 2.45. The van der Waals surface area contributed by atoms with E-state index in [9.17, 15) is 14.4 Å². The van der Waals surface area contributed by atoms with E-state index in [0.29, 0.717) is 24.4 Å². The van der Waals surface area contributed by atoms with Crippen molar-refractivity contribution in [3.63, 3.8) is 0 Å². The molecule has 1 saturated carbocycles. The number of nitrogens with zero attached hydrogens (tertiary/aromatic N) is 3. The Morgan fingerprint density at radius 2 is 1.78 bits per heavy atom. The van der Waals surface area contributed by atoms with Crippen molar-refractivity contribution in [2.75, 3.05) is 20.2 Å². The molecule has 3 heterocycles. The molecule has 8 heteroatoms. The number of methoxy groups -OCH3 is 1. The van der Waals surface area contributed by atoms with Gasteiger partial charge in [0.1, 0.15) is 11.3 Å². The van der Waals surface area contributed by atoms with E-state index in [1.165, 1.54) is 4.90 Å². The highest BCUT2D eigenvalue weighted by Gasteiger charge is 2.57. The van der Waals surface area contributed by atoms with Crippen LogP contribution in [0.25, 0.3) is 11.1 Å². The summed E-state index contributed by atoms with van der Waals surface area (Å²) in [7, 11) is 1.58. The smallest absolute Gasteiger partial charge is 0.241 e. The van der Waals surface area contributed by atoms with Crippen LogP contribution in [-0.4, -0.2) is 58.7 Å². The van der Waals surface area contributed by atoms with Crippen LogP contribution in [0.15, 0.2) is 52.9 Å². The molecule has 3 fully saturated rings. The summed E-state index contributed by atoms with van der Waals surface area (Å²) in [6.45, 7) is 1.13. The first kappa shape index (κ1) is 22.8. The van der Waals surface area contributed by atoms with Gasteiger partial charge in [0.05, 0.1) is 12.5 Å². The van der Waals surface area contributed by atoms with E-state index < -0.39 is 5.41 Å². The average Bonchev–Trinajstić information content (AvgIpc) is 3.58. The van der Waals surface area contributed by atoms with Gasteiger partial charge in [-0.3, -0.25) is 19.3 Å². The van der Waals surface area contributed by atoms with Crippen LogP contribution in [0.3, 0.4) is 0 Å². The summed E-state index contributed by atoms with van der Waals surface area (Å²) in [6, 6.07) is 14.9. The molecule has 186 valence electrons. The van der Waals surface area contributed by atoms with Crippen molar-refractivity contribution in [2.45, 2.75) is 55.9 Å². The van der Waals surface area contributed by atoms with Crippen LogP contribution < -0.4 is 4.74 Å². The van der Waals surface area contributed by atoms with Gasteiger partial charge in [-0.25, -0.2) is 4.98 Å². The molecule has 0 N–H and O–H groups in total. The van der Waals surface area contributed by atoms with E-state index in [2.05, 4.69) is 4.98 Å². The number of hydrogen-bond donors (Lipinski definition) is 0. The summed E-state index contributed by atoms with van der Waals surface area (Å²) >= 11 is 0. The first-order valence-corrected chi connectivity index (χ1v) is 12.6. The van der Waals surface area contributed by atoms with Crippen LogP contribution in [0, 0.1) is 0 Å². The number of fused-ring (bicyclic) bond motifs is 1. The molecule has 8 nitrogen and oxygen atoms in total. The highest BCUT2D eigenvalue weighted by atomic mass is 16.5. The molecule has 2 aromatic carbocycles. The maximum Gasteiger partial charge on any atom is 0.241 e. The van der Waals surface area contributed by atoms with Gasteiger partial charge in [0.25, 0.3) is 0 Å². The molecule has 3 aliphatic rings. The number of amides is 3. The quantitative estimate of drug-likeness (QED) is 0.491. The van der Waals surface area contributed by atoms with Crippen LogP contribution in [0.1, 0.15) is 55.9 Å². The fourth-order valence-electron chi connectivity index (χ4n) is 5.65. The average molecular weight is 488 g/mol. The molecule has 0 spiro atoms. The third kappa shape index (κ3) is 3.85. The summed E-state index contributed by atoms with van der Waals surface area (Å²) in [5.74, 6) is 1.01. The number of carbonyl (C=O) groups excluding carboxylic acids is 3. The Kier molecular flexibility index (Phi) is 5.54. The van der Waals surface area contributed by atoms with Gasteiger partial charge in [0.15, 0.2) is 11.5 Å². The van der Waals surface area contributed by atoms with E-state index in [1.807, 2.05) is 41.3 Å². The van der Waals surface area contributed by atoms with Gasteiger partial charge in [0, 0.05) is 37.9 Å². The van der Waals surface area contributed by atoms with E-state index in [1.54, 1.807) is 19.2 Å². The molecule has 0 radical (unpaired) electrons. The van der Waals surface area contributed by atoms with Gasteiger partial charge >= 0.3 is 0 Å². The van der Waals surface area contributed by atoms with E-state index in [4.69, 9.17) is 9.15 Å². The number of aromatic nitrogens is 1. The number of imide groups is 1. The van der Waals surface area contributed by atoms with Crippen LogP contribution in [0.5, 0.6) is 5.75 Å². The second-order valence-electron chi connectivity index (χ2n) is 10.1. The molecule has 3 aromatic rings. The maximum atomic E-state index is 13.7. The Hall–Kier alpha value is -3.68. The Morgan fingerprint density at radius 1 is 1.06 bits per heavy atom. The minimum Gasteiger partial charge on any atom is -0.497 e. The number of carbonyl (C=O) groups is 3. The number of piperidine rings is 1. The molecule has 2 saturated heterocycles. The van der Waals surface area contributed by atoms with Crippen LogP contribution in [-0.2, 0) is 19.8 Å². The van der Waals surface area contributed by atoms with Crippen LogP contribution >= 0.6 is 0 Å². The normalized spacial score (nSPS) is 23.0.